The monoisotopic (exact) mass is 266 g/mol. The van der Waals surface area contributed by atoms with Crippen LogP contribution in [0.2, 0.25) is 0 Å². The summed E-state index contributed by atoms with van der Waals surface area (Å²) in [6, 6.07) is 0.438. The predicted molar refractivity (Wildman–Crippen MR) is 78.7 cm³/mol. The van der Waals surface area contributed by atoms with E-state index >= 15 is 0 Å². The zero-order valence-electron chi connectivity index (χ0n) is 13.1. The van der Waals surface area contributed by atoms with Crippen molar-refractivity contribution in [1.29, 1.82) is 0 Å². The predicted octanol–water partition coefficient (Wildman–Crippen LogP) is 3.00. The molecule has 0 bridgehead atoms. The third-order valence-corrected chi connectivity index (χ3v) is 4.83. The Morgan fingerprint density at radius 1 is 1.21 bits per heavy atom. The van der Waals surface area contributed by atoms with E-state index in [9.17, 15) is 4.79 Å². The quantitative estimate of drug-likeness (QED) is 0.829. The van der Waals surface area contributed by atoms with Crippen LogP contribution in [0, 0.1) is 17.8 Å². The Bertz CT molecular complexity index is 323. The first-order valence-corrected chi connectivity index (χ1v) is 8.00. The molecule has 3 unspecified atom stereocenters. The number of carbonyl (C=O) groups excluding carboxylic acids is 1. The molecular formula is C16H30N2O. The summed E-state index contributed by atoms with van der Waals surface area (Å²) in [6.07, 6.45) is 5.11. The van der Waals surface area contributed by atoms with E-state index in [1.54, 1.807) is 0 Å². The van der Waals surface area contributed by atoms with Gasteiger partial charge in [-0.2, -0.15) is 0 Å². The summed E-state index contributed by atoms with van der Waals surface area (Å²) in [5.74, 6) is 2.11. The van der Waals surface area contributed by atoms with Crippen LogP contribution in [0.1, 0.15) is 60.3 Å². The van der Waals surface area contributed by atoms with Crippen molar-refractivity contribution >= 4 is 5.91 Å². The third-order valence-electron chi connectivity index (χ3n) is 4.83. The molecule has 1 amide bonds. The fourth-order valence-electron chi connectivity index (χ4n) is 3.43. The molecule has 0 spiro atoms. The summed E-state index contributed by atoms with van der Waals surface area (Å²) >= 11 is 0. The van der Waals surface area contributed by atoms with Gasteiger partial charge in [-0.05, 0) is 43.9 Å². The molecule has 1 N–H and O–H groups in total. The SMILES string of the molecule is CC(C)CC1NC(C(C)C)N(C(C)C2CCC2)C1=O. The Morgan fingerprint density at radius 2 is 1.84 bits per heavy atom. The van der Waals surface area contributed by atoms with Crippen molar-refractivity contribution < 1.29 is 4.79 Å². The molecule has 1 aliphatic carbocycles. The van der Waals surface area contributed by atoms with Gasteiger partial charge in [-0.3, -0.25) is 10.1 Å². The molecule has 0 aromatic carbocycles. The molecule has 0 aromatic rings. The average Bonchev–Trinajstić information content (AvgIpc) is 2.53. The second kappa shape index (κ2) is 5.82. The number of rotatable bonds is 5. The zero-order chi connectivity index (χ0) is 14.2. The van der Waals surface area contributed by atoms with Crippen molar-refractivity contribution in [1.82, 2.24) is 10.2 Å². The molecule has 2 rings (SSSR count). The van der Waals surface area contributed by atoms with Crippen LogP contribution in [-0.4, -0.2) is 29.1 Å². The number of amides is 1. The lowest BCUT2D eigenvalue weighted by Crippen LogP contribution is -2.50. The summed E-state index contributed by atoms with van der Waals surface area (Å²) < 4.78 is 0. The molecule has 2 aliphatic rings. The molecule has 0 radical (unpaired) electrons. The average molecular weight is 266 g/mol. The van der Waals surface area contributed by atoms with Gasteiger partial charge in [0.15, 0.2) is 0 Å². The maximum Gasteiger partial charge on any atom is 0.241 e. The topological polar surface area (TPSA) is 32.3 Å². The zero-order valence-corrected chi connectivity index (χ0v) is 13.1. The van der Waals surface area contributed by atoms with Crippen molar-refractivity contribution in [2.75, 3.05) is 0 Å². The van der Waals surface area contributed by atoms with E-state index in [-0.39, 0.29) is 12.2 Å². The fourth-order valence-corrected chi connectivity index (χ4v) is 3.43. The van der Waals surface area contributed by atoms with E-state index in [1.807, 2.05) is 0 Å². The smallest absolute Gasteiger partial charge is 0.241 e. The molecule has 3 atom stereocenters. The van der Waals surface area contributed by atoms with Gasteiger partial charge < -0.3 is 4.90 Å². The summed E-state index contributed by atoms with van der Waals surface area (Å²) in [6.45, 7) is 11.1. The highest BCUT2D eigenvalue weighted by Crippen LogP contribution is 2.35. The normalized spacial score (nSPS) is 30.3. The van der Waals surface area contributed by atoms with Gasteiger partial charge in [0.1, 0.15) is 0 Å². The van der Waals surface area contributed by atoms with Crippen LogP contribution in [0.5, 0.6) is 0 Å². The van der Waals surface area contributed by atoms with Gasteiger partial charge in [-0.15, -0.1) is 0 Å². The largest absolute Gasteiger partial charge is 0.323 e. The molecule has 3 heteroatoms. The second-order valence-electron chi connectivity index (χ2n) is 7.21. The highest BCUT2D eigenvalue weighted by atomic mass is 16.2. The first kappa shape index (κ1) is 14.8. The number of hydrogen-bond acceptors (Lipinski definition) is 2. The second-order valence-corrected chi connectivity index (χ2v) is 7.21. The lowest BCUT2D eigenvalue weighted by atomic mass is 9.79. The van der Waals surface area contributed by atoms with Gasteiger partial charge in [-0.1, -0.05) is 34.1 Å². The number of hydrogen-bond donors (Lipinski definition) is 1. The lowest BCUT2D eigenvalue weighted by Gasteiger charge is -2.40. The molecular weight excluding hydrogens is 236 g/mol. The van der Waals surface area contributed by atoms with Gasteiger partial charge in [0.2, 0.25) is 5.91 Å². The van der Waals surface area contributed by atoms with E-state index in [4.69, 9.17) is 0 Å². The van der Waals surface area contributed by atoms with Crippen molar-refractivity contribution in [3.8, 4) is 0 Å². The van der Waals surface area contributed by atoms with Crippen molar-refractivity contribution in [3.05, 3.63) is 0 Å². The van der Waals surface area contributed by atoms with Crippen molar-refractivity contribution in [2.24, 2.45) is 17.8 Å². The number of nitrogens with zero attached hydrogens (tertiary/aromatic N) is 1. The molecule has 3 nitrogen and oxygen atoms in total. The summed E-state index contributed by atoms with van der Waals surface area (Å²) in [5.41, 5.74) is 0. The van der Waals surface area contributed by atoms with Crippen LogP contribution >= 0.6 is 0 Å². The molecule has 1 heterocycles. The highest BCUT2D eigenvalue weighted by Gasteiger charge is 2.44. The van der Waals surface area contributed by atoms with E-state index in [0.29, 0.717) is 23.8 Å². The van der Waals surface area contributed by atoms with Gasteiger partial charge in [0, 0.05) is 6.04 Å². The minimum absolute atomic E-state index is 0.0370. The first-order valence-electron chi connectivity index (χ1n) is 8.00. The van der Waals surface area contributed by atoms with Crippen LogP contribution in [0.25, 0.3) is 0 Å². The van der Waals surface area contributed by atoms with E-state index in [2.05, 4.69) is 44.8 Å². The molecule has 1 saturated carbocycles. The van der Waals surface area contributed by atoms with Crippen LogP contribution in [-0.2, 0) is 4.79 Å². The third kappa shape index (κ3) is 2.96. The minimum atomic E-state index is 0.0370. The van der Waals surface area contributed by atoms with Crippen LogP contribution < -0.4 is 5.32 Å². The summed E-state index contributed by atoms with van der Waals surface area (Å²) in [5, 5.41) is 3.58. The Kier molecular flexibility index (Phi) is 4.54. The minimum Gasteiger partial charge on any atom is -0.323 e. The van der Waals surface area contributed by atoms with Gasteiger partial charge in [-0.25, -0.2) is 0 Å². The lowest BCUT2D eigenvalue weighted by molar-refractivity contribution is -0.134. The Morgan fingerprint density at radius 3 is 2.26 bits per heavy atom. The highest BCUT2D eigenvalue weighted by molar-refractivity contribution is 5.84. The summed E-state index contributed by atoms with van der Waals surface area (Å²) in [7, 11) is 0. The molecule has 19 heavy (non-hydrogen) atoms. The van der Waals surface area contributed by atoms with Crippen molar-refractivity contribution in [2.45, 2.75) is 78.6 Å². The summed E-state index contributed by atoms with van der Waals surface area (Å²) in [4.78, 5) is 14.9. The molecule has 1 aliphatic heterocycles. The molecule has 0 aromatic heterocycles. The van der Waals surface area contributed by atoms with Crippen molar-refractivity contribution in [3.63, 3.8) is 0 Å². The number of nitrogens with one attached hydrogen (secondary N) is 1. The molecule has 110 valence electrons. The van der Waals surface area contributed by atoms with Crippen LogP contribution in [0.15, 0.2) is 0 Å². The Hall–Kier alpha value is -0.570. The van der Waals surface area contributed by atoms with E-state index in [0.717, 1.165) is 12.3 Å². The first-order chi connectivity index (χ1) is 8.91. The standard InChI is InChI=1S/C16H30N2O/c1-10(2)9-14-16(19)18(15(17-14)11(3)4)12(5)13-7-6-8-13/h10-15,17H,6-9H2,1-5H3. The maximum atomic E-state index is 12.7. The Balaban J connectivity index is 2.10. The van der Waals surface area contributed by atoms with Gasteiger partial charge in [0.05, 0.1) is 12.2 Å². The van der Waals surface area contributed by atoms with Gasteiger partial charge >= 0.3 is 0 Å². The molecule has 1 saturated heterocycles. The number of carbonyl (C=O) groups is 1. The Labute approximate surface area is 118 Å². The van der Waals surface area contributed by atoms with E-state index in [1.165, 1.54) is 19.3 Å². The maximum absolute atomic E-state index is 12.7. The van der Waals surface area contributed by atoms with Crippen LogP contribution in [0.3, 0.4) is 0 Å². The van der Waals surface area contributed by atoms with Crippen LogP contribution in [0.4, 0.5) is 0 Å². The van der Waals surface area contributed by atoms with Gasteiger partial charge in [0.25, 0.3) is 0 Å². The van der Waals surface area contributed by atoms with E-state index < -0.39 is 0 Å². The molecule has 2 fully saturated rings. The fraction of sp³-hybridized carbons (Fsp3) is 0.938.